The van der Waals surface area contributed by atoms with Crippen LogP contribution in [-0.2, 0) is 21.5 Å². The normalized spacial score (nSPS) is 12.4. The molecule has 1 atom stereocenters. The Hall–Kier alpha value is -2.24. The highest BCUT2D eigenvalue weighted by molar-refractivity contribution is 6.35. The molecule has 0 aromatic heterocycles. The molecule has 0 bridgehead atoms. The maximum absolute atomic E-state index is 13.3. The van der Waals surface area contributed by atoms with Crippen molar-refractivity contribution < 1.29 is 14.3 Å². The molecule has 0 saturated heterocycles. The molecule has 2 rings (SSSR count). The first-order valence-electron chi connectivity index (χ1n) is 11.1. The molecule has 5 nitrogen and oxygen atoms in total. The molecule has 2 aromatic rings. The average Bonchev–Trinajstić information content (AvgIpc) is 2.74. The molecule has 0 spiro atoms. The Bertz CT molecular complexity index is 970. The van der Waals surface area contributed by atoms with E-state index in [1.54, 1.807) is 25.1 Å². The van der Waals surface area contributed by atoms with E-state index in [0.29, 0.717) is 33.8 Å². The zero-order valence-electron chi connectivity index (χ0n) is 20.2. The zero-order valence-corrected chi connectivity index (χ0v) is 21.8. The summed E-state index contributed by atoms with van der Waals surface area (Å²) in [6.07, 6.45) is 0. The summed E-state index contributed by atoms with van der Waals surface area (Å²) in [5, 5.41) is 3.85. The summed E-state index contributed by atoms with van der Waals surface area (Å²) < 4.78 is 5.94. The topological polar surface area (TPSA) is 58.6 Å². The summed E-state index contributed by atoms with van der Waals surface area (Å²) >= 11 is 12.4. The van der Waals surface area contributed by atoms with Crippen molar-refractivity contribution in [2.24, 2.45) is 5.92 Å². The number of amides is 2. The number of hydrogen-bond donors (Lipinski definition) is 1. The van der Waals surface area contributed by atoms with E-state index < -0.39 is 6.04 Å². The van der Waals surface area contributed by atoms with Gasteiger partial charge in [0.05, 0.1) is 0 Å². The number of hydrogen-bond acceptors (Lipinski definition) is 3. The highest BCUT2D eigenvalue weighted by Gasteiger charge is 2.28. The SMILES string of the molecule is CC(C)CNC(=O)[C@@H](C)N(Cc1ccc(Cl)cc1Cl)C(=O)COc1ccccc1C(C)(C)C. The number of rotatable bonds is 9. The molecule has 0 aliphatic carbocycles. The van der Waals surface area contributed by atoms with Gasteiger partial charge in [0.2, 0.25) is 5.91 Å². The van der Waals surface area contributed by atoms with Gasteiger partial charge >= 0.3 is 0 Å². The van der Waals surface area contributed by atoms with Gasteiger partial charge in [-0.05, 0) is 47.6 Å². The Morgan fingerprint density at radius 2 is 1.73 bits per heavy atom. The lowest BCUT2D eigenvalue weighted by atomic mass is 9.86. The van der Waals surface area contributed by atoms with Crippen LogP contribution in [0.4, 0.5) is 0 Å². The van der Waals surface area contributed by atoms with Gasteiger partial charge in [0.1, 0.15) is 11.8 Å². The van der Waals surface area contributed by atoms with E-state index in [0.717, 1.165) is 5.56 Å². The largest absolute Gasteiger partial charge is 0.483 e. The second kappa shape index (κ2) is 11.8. The Morgan fingerprint density at radius 1 is 1.06 bits per heavy atom. The molecular formula is C26H34Cl2N2O3. The Kier molecular flexibility index (Phi) is 9.62. The van der Waals surface area contributed by atoms with E-state index in [9.17, 15) is 9.59 Å². The molecule has 7 heteroatoms. The van der Waals surface area contributed by atoms with Crippen molar-refractivity contribution in [1.29, 1.82) is 0 Å². The summed E-state index contributed by atoms with van der Waals surface area (Å²) in [5.41, 5.74) is 1.57. The van der Waals surface area contributed by atoms with Gasteiger partial charge < -0.3 is 15.0 Å². The fourth-order valence-corrected chi connectivity index (χ4v) is 3.77. The molecule has 1 N–H and O–H groups in total. The molecule has 0 aliphatic heterocycles. The van der Waals surface area contributed by atoms with E-state index in [2.05, 4.69) is 26.1 Å². The quantitative estimate of drug-likeness (QED) is 0.476. The van der Waals surface area contributed by atoms with Gasteiger partial charge in [0, 0.05) is 23.1 Å². The Labute approximate surface area is 207 Å². The molecule has 2 aromatic carbocycles. The van der Waals surface area contributed by atoms with Crippen molar-refractivity contribution in [1.82, 2.24) is 10.2 Å². The molecule has 0 saturated carbocycles. The zero-order chi connectivity index (χ0) is 24.8. The molecule has 180 valence electrons. The summed E-state index contributed by atoms with van der Waals surface area (Å²) in [6.45, 7) is 12.5. The maximum Gasteiger partial charge on any atom is 0.261 e. The van der Waals surface area contributed by atoms with Crippen LogP contribution in [0, 0.1) is 5.92 Å². The number of nitrogens with zero attached hydrogens (tertiary/aromatic N) is 1. The number of carbonyl (C=O) groups is 2. The summed E-state index contributed by atoms with van der Waals surface area (Å²) in [7, 11) is 0. The van der Waals surface area contributed by atoms with Gasteiger partial charge in [-0.1, -0.05) is 82.1 Å². The highest BCUT2D eigenvalue weighted by Crippen LogP contribution is 2.31. The van der Waals surface area contributed by atoms with Gasteiger partial charge in [0.15, 0.2) is 6.61 Å². The number of ether oxygens (including phenoxy) is 1. The third kappa shape index (κ3) is 7.94. The van der Waals surface area contributed by atoms with Gasteiger partial charge in [-0.15, -0.1) is 0 Å². The van der Waals surface area contributed by atoms with Crippen LogP contribution in [0.5, 0.6) is 5.75 Å². The van der Waals surface area contributed by atoms with E-state index in [4.69, 9.17) is 27.9 Å². The molecule has 0 heterocycles. The first kappa shape index (κ1) is 27.0. The second-order valence-corrected chi connectivity index (χ2v) is 10.5. The van der Waals surface area contributed by atoms with Crippen molar-refractivity contribution in [2.75, 3.05) is 13.2 Å². The molecule has 33 heavy (non-hydrogen) atoms. The van der Waals surface area contributed by atoms with Crippen molar-refractivity contribution in [3.8, 4) is 5.75 Å². The summed E-state index contributed by atoms with van der Waals surface area (Å²) in [6, 6.07) is 12.1. The third-order valence-corrected chi connectivity index (χ3v) is 5.84. The number of benzene rings is 2. The van der Waals surface area contributed by atoms with Gasteiger partial charge in [-0.2, -0.15) is 0 Å². The number of halogens is 2. The Balaban J connectivity index is 2.25. The maximum atomic E-state index is 13.3. The average molecular weight is 493 g/mol. The molecule has 0 unspecified atom stereocenters. The minimum atomic E-state index is -0.704. The number of carbonyl (C=O) groups excluding carboxylic acids is 2. The molecule has 0 fully saturated rings. The lowest BCUT2D eigenvalue weighted by Crippen LogP contribution is -2.49. The van der Waals surface area contributed by atoms with Gasteiger partial charge in [-0.3, -0.25) is 9.59 Å². The minimum Gasteiger partial charge on any atom is -0.483 e. The molecule has 2 amide bonds. The van der Waals surface area contributed by atoms with E-state index >= 15 is 0 Å². The predicted octanol–water partition coefficient (Wildman–Crippen LogP) is 5.86. The fourth-order valence-electron chi connectivity index (χ4n) is 3.30. The van der Waals surface area contributed by atoms with Gasteiger partial charge in [-0.25, -0.2) is 0 Å². The van der Waals surface area contributed by atoms with Crippen molar-refractivity contribution in [3.05, 3.63) is 63.6 Å². The van der Waals surface area contributed by atoms with Crippen LogP contribution in [0.25, 0.3) is 0 Å². The number of nitrogens with one attached hydrogen (secondary N) is 1. The first-order valence-corrected chi connectivity index (χ1v) is 11.9. The minimum absolute atomic E-state index is 0.139. The van der Waals surface area contributed by atoms with Crippen molar-refractivity contribution >= 4 is 35.0 Å². The third-order valence-electron chi connectivity index (χ3n) is 5.25. The van der Waals surface area contributed by atoms with Crippen LogP contribution in [0.2, 0.25) is 10.0 Å². The van der Waals surface area contributed by atoms with Gasteiger partial charge in [0.25, 0.3) is 5.91 Å². The molecule has 0 aliphatic rings. The summed E-state index contributed by atoms with van der Waals surface area (Å²) in [4.78, 5) is 27.6. The van der Waals surface area contributed by atoms with Crippen molar-refractivity contribution in [3.63, 3.8) is 0 Å². The smallest absolute Gasteiger partial charge is 0.261 e. The number of para-hydroxylation sites is 1. The Morgan fingerprint density at radius 3 is 2.33 bits per heavy atom. The first-order chi connectivity index (χ1) is 15.4. The monoisotopic (exact) mass is 492 g/mol. The van der Waals surface area contributed by atoms with Crippen LogP contribution in [0.3, 0.4) is 0 Å². The van der Waals surface area contributed by atoms with Crippen LogP contribution in [0.1, 0.15) is 52.7 Å². The molecular weight excluding hydrogens is 459 g/mol. The van der Waals surface area contributed by atoms with E-state index in [-0.39, 0.29) is 30.4 Å². The van der Waals surface area contributed by atoms with E-state index in [1.165, 1.54) is 4.90 Å². The predicted molar refractivity (Wildman–Crippen MR) is 135 cm³/mol. The summed E-state index contributed by atoms with van der Waals surface area (Å²) in [5.74, 6) is 0.419. The molecule has 0 radical (unpaired) electrons. The highest BCUT2D eigenvalue weighted by atomic mass is 35.5. The van der Waals surface area contributed by atoms with Crippen molar-refractivity contribution in [2.45, 2.75) is 59.5 Å². The van der Waals surface area contributed by atoms with E-state index in [1.807, 2.05) is 38.1 Å². The van der Waals surface area contributed by atoms with Crippen LogP contribution in [0.15, 0.2) is 42.5 Å². The lowest BCUT2D eigenvalue weighted by molar-refractivity contribution is -0.142. The lowest BCUT2D eigenvalue weighted by Gasteiger charge is -2.30. The van der Waals surface area contributed by atoms with Crippen LogP contribution < -0.4 is 10.1 Å². The van der Waals surface area contributed by atoms with Crippen LogP contribution >= 0.6 is 23.2 Å². The van der Waals surface area contributed by atoms with Crippen LogP contribution in [-0.4, -0.2) is 35.9 Å². The standard InChI is InChI=1S/C26H34Cl2N2O3/c1-17(2)14-29-25(32)18(3)30(15-19-11-12-20(27)13-22(19)28)24(31)16-33-23-10-8-7-9-21(23)26(4,5)6/h7-13,17-18H,14-16H2,1-6H3,(H,29,32)/t18-/m1/s1. The second-order valence-electron chi connectivity index (χ2n) is 9.61. The fraction of sp³-hybridized carbons (Fsp3) is 0.462.